The number of phenolic OH excluding ortho intramolecular Hbond substituents is 1. The van der Waals surface area contributed by atoms with Crippen molar-refractivity contribution in [2.24, 2.45) is 0 Å². The zero-order valence-electron chi connectivity index (χ0n) is 21.2. The molecule has 0 radical (unpaired) electrons. The van der Waals surface area contributed by atoms with Gasteiger partial charge in [-0.15, -0.1) is 0 Å². The second kappa shape index (κ2) is 8.03. The number of amides is 1. The number of carbonyl (C=O) groups is 1. The third-order valence-corrected chi connectivity index (χ3v) is 9.31. The SMILES string of the molecule is Cc1cccc(C=CC(=O)N(C)[C@@H]2CC[C@@]3(O)[C@H]4Cc5c([N+](=O)[O-])cc(O)c6c5[C@@]3(CCN4C)[C@H]2O6)c1. The number of rotatable bonds is 4. The lowest BCUT2D eigenvalue weighted by atomic mass is 9.48. The molecule has 1 saturated heterocycles. The Kier molecular flexibility index (Phi) is 5.20. The van der Waals surface area contributed by atoms with Gasteiger partial charge in [-0.05, 0) is 57.8 Å². The molecule has 1 saturated carbocycles. The summed E-state index contributed by atoms with van der Waals surface area (Å²) in [6, 6.07) is 8.33. The monoisotopic (exact) mass is 505 g/mol. The third kappa shape index (κ3) is 3.13. The van der Waals surface area contributed by atoms with Crippen LogP contribution in [0.3, 0.4) is 0 Å². The fraction of sp³-hybridized carbons (Fsp3) is 0.464. The second-order valence-electron chi connectivity index (χ2n) is 11.0. The quantitative estimate of drug-likeness (QED) is 0.373. The molecule has 9 nitrogen and oxygen atoms in total. The first kappa shape index (κ1) is 23.9. The van der Waals surface area contributed by atoms with Gasteiger partial charge in [-0.2, -0.15) is 0 Å². The fourth-order valence-electron chi connectivity index (χ4n) is 7.58. The van der Waals surface area contributed by atoms with Crippen LogP contribution < -0.4 is 4.74 Å². The molecule has 5 atom stereocenters. The summed E-state index contributed by atoms with van der Waals surface area (Å²) in [5, 5.41) is 35.1. The maximum Gasteiger partial charge on any atom is 0.276 e. The van der Waals surface area contributed by atoms with Gasteiger partial charge in [-0.3, -0.25) is 14.9 Å². The first-order valence-electron chi connectivity index (χ1n) is 12.7. The molecule has 0 aromatic heterocycles. The molecule has 2 bridgehead atoms. The molecule has 9 heteroatoms. The number of aliphatic hydroxyl groups is 1. The van der Waals surface area contributed by atoms with Crippen LogP contribution in [-0.2, 0) is 16.6 Å². The predicted molar refractivity (Wildman–Crippen MR) is 137 cm³/mol. The van der Waals surface area contributed by atoms with E-state index in [0.717, 1.165) is 17.2 Å². The summed E-state index contributed by atoms with van der Waals surface area (Å²) >= 11 is 0. The molecule has 2 aliphatic carbocycles. The number of carbonyl (C=O) groups excluding carboxylic acids is 1. The molecule has 4 aliphatic rings. The van der Waals surface area contributed by atoms with Crippen LogP contribution >= 0.6 is 0 Å². The van der Waals surface area contributed by atoms with Crippen LogP contribution in [0.4, 0.5) is 5.69 Å². The van der Waals surface area contributed by atoms with E-state index in [1.165, 1.54) is 0 Å². The number of phenols is 1. The number of piperidine rings is 1. The molecule has 2 aromatic rings. The Labute approximate surface area is 215 Å². The minimum absolute atomic E-state index is 0.144. The van der Waals surface area contributed by atoms with E-state index in [2.05, 4.69) is 4.90 Å². The van der Waals surface area contributed by atoms with Crippen LogP contribution in [0.1, 0.15) is 41.5 Å². The minimum Gasteiger partial charge on any atom is -0.504 e. The van der Waals surface area contributed by atoms with E-state index in [-0.39, 0.29) is 35.2 Å². The molecule has 194 valence electrons. The van der Waals surface area contributed by atoms with Crippen molar-refractivity contribution in [3.63, 3.8) is 0 Å². The zero-order chi connectivity index (χ0) is 26.3. The fourth-order valence-corrected chi connectivity index (χ4v) is 7.58. The second-order valence-corrected chi connectivity index (χ2v) is 11.0. The number of nitro groups is 1. The Morgan fingerprint density at radius 3 is 2.84 bits per heavy atom. The minimum atomic E-state index is -1.19. The lowest BCUT2D eigenvalue weighted by Gasteiger charge is -2.64. The van der Waals surface area contributed by atoms with Gasteiger partial charge >= 0.3 is 0 Å². The summed E-state index contributed by atoms with van der Waals surface area (Å²) < 4.78 is 6.44. The molecule has 6 rings (SSSR count). The van der Waals surface area contributed by atoms with Crippen LogP contribution in [0, 0.1) is 17.0 Å². The van der Waals surface area contributed by atoms with Gasteiger partial charge in [0.15, 0.2) is 11.5 Å². The zero-order valence-corrected chi connectivity index (χ0v) is 21.2. The van der Waals surface area contributed by atoms with Gasteiger partial charge in [0.25, 0.3) is 5.69 Å². The molecule has 0 unspecified atom stereocenters. The summed E-state index contributed by atoms with van der Waals surface area (Å²) in [5.41, 5.74) is 0.832. The molecule has 2 aromatic carbocycles. The number of hydrogen-bond acceptors (Lipinski definition) is 7. The van der Waals surface area contributed by atoms with E-state index in [0.29, 0.717) is 43.4 Å². The first-order chi connectivity index (χ1) is 17.6. The van der Waals surface area contributed by atoms with Gasteiger partial charge in [0.2, 0.25) is 5.91 Å². The van der Waals surface area contributed by atoms with Gasteiger partial charge in [0.05, 0.1) is 28.0 Å². The van der Waals surface area contributed by atoms with Crippen LogP contribution in [0.15, 0.2) is 36.4 Å². The number of benzene rings is 2. The summed E-state index contributed by atoms with van der Waals surface area (Å²) in [6.45, 7) is 2.67. The first-order valence-corrected chi connectivity index (χ1v) is 12.7. The van der Waals surface area contributed by atoms with Crippen LogP contribution in [0.5, 0.6) is 11.5 Å². The molecule has 2 heterocycles. The Bertz CT molecular complexity index is 1360. The average molecular weight is 506 g/mol. The molecule has 2 fully saturated rings. The van der Waals surface area contributed by atoms with Crippen molar-refractivity contribution in [3.8, 4) is 11.5 Å². The van der Waals surface area contributed by atoms with Crippen LogP contribution in [-0.4, -0.2) is 75.3 Å². The molecular weight excluding hydrogens is 474 g/mol. The number of likely N-dealkylation sites (N-methyl/N-ethyl adjacent to an activating group) is 2. The third-order valence-electron chi connectivity index (χ3n) is 9.31. The van der Waals surface area contributed by atoms with Crippen molar-refractivity contribution in [2.75, 3.05) is 20.6 Å². The number of nitrogens with zero attached hydrogens (tertiary/aromatic N) is 3. The van der Waals surface area contributed by atoms with E-state index in [1.54, 1.807) is 24.1 Å². The van der Waals surface area contributed by atoms with E-state index in [4.69, 9.17) is 4.74 Å². The number of hydrogen-bond donors (Lipinski definition) is 2. The van der Waals surface area contributed by atoms with E-state index < -0.39 is 22.0 Å². The summed E-state index contributed by atoms with van der Waals surface area (Å²) in [4.78, 5) is 28.6. The highest BCUT2D eigenvalue weighted by Crippen LogP contribution is 2.66. The lowest BCUT2D eigenvalue weighted by Crippen LogP contribution is -2.77. The van der Waals surface area contributed by atoms with E-state index in [1.807, 2.05) is 38.2 Å². The predicted octanol–water partition coefficient (Wildman–Crippen LogP) is 2.93. The number of aryl methyl sites for hydroxylation is 1. The summed E-state index contributed by atoms with van der Waals surface area (Å²) in [7, 11) is 3.68. The topological polar surface area (TPSA) is 116 Å². The van der Waals surface area contributed by atoms with Crippen molar-refractivity contribution in [3.05, 3.63) is 68.8 Å². The van der Waals surface area contributed by atoms with Gasteiger partial charge in [-0.25, -0.2) is 0 Å². The van der Waals surface area contributed by atoms with Crippen molar-refractivity contribution in [2.45, 2.75) is 61.8 Å². The molecular formula is C28H31N3O6. The van der Waals surface area contributed by atoms with Crippen LogP contribution in [0.2, 0.25) is 0 Å². The normalized spacial score (nSPS) is 31.6. The Morgan fingerprint density at radius 2 is 2.11 bits per heavy atom. The Balaban J connectivity index is 1.43. The van der Waals surface area contributed by atoms with Gasteiger partial charge in [0, 0.05) is 30.3 Å². The highest BCUT2D eigenvalue weighted by atomic mass is 16.6. The molecule has 1 amide bonds. The summed E-state index contributed by atoms with van der Waals surface area (Å²) in [5.74, 6) is -0.264. The summed E-state index contributed by atoms with van der Waals surface area (Å²) in [6.07, 6.45) is 4.45. The van der Waals surface area contributed by atoms with Crippen LogP contribution in [0.25, 0.3) is 6.08 Å². The highest BCUT2D eigenvalue weighted by Gasteiger charge is 2.73. The number of ether oxygens (including phenoxy) is 1. The van der Waals surface area contributed by atoms with Gasteiger partial charge in [-0.1, -0.05) is 29.8 Å². The lowest BCUT2D eigenvalue weighted by molar-refractivity contribution is -0.386. The smallest absolute Gasteiger partial charge is 0.276 e. The average Bonchev–Trinajstić information content (AvgIpc) is 3.21. The van der Waals surface area contributed by atoms with E-state index in [9.17, 15) is 25.1 Å². The van der Waals surface area contributed by atoms with Crippen molar-refractivity contribution in [1.29, 1.82) is 0 Å². The van der Waals surface area contributed by atoms with Crippen molar-refractivity contribution >= 4 is 17.7 Å². The number of aromatic hydroxyl groups is 1. The van der Waals surface area contributed by atoms with Crippen molar-refractivity contribution < 1.29 is 24.7 Å². The molecule has 2 N–H and O–H groups in total. The van der Waals surface area contributed by atoms with Gasteiger partial charge in [0.1, 0.15) is 6.10 Å². The number of likely N-dealkylation sites (tertiary alicyclic amines) is 1. The van der Waals surface area contributed by atoms with E-state index >= 15 is 0 Å². The molecule has 37 heavy (non-hydrogen) atoms. The Hall–Kier alpha value is -3.43. The highest BCUT2D eigenvalue weighted by molar-refractivity contribution is 5.92. The number of nitro benzene ring substituents is 1. The van der Waals surface area contributed by atoms with Gasteiger partial charge < -0.3 is 24.7 Å². The van der Waals surface area contributed by atoms with Crippen molar-refractivity contribution in [1.82, 2.24) is 9.80 Å². The molecule has 2 aliphatic heterocycles. The largest absolute Gasteiger partial charge is 0.504 e. The Morgan fingerprint density at radius 1 is 1.32 bits per heavy atom. The molecule has 1 spiro atoms. The standard InChI is InChI=1S/C28H31N3O6/c1-16-5-4-6-17(13-16)7-8-23(33)30(3)19-9-10-28(34)22-14-18-20(31(35)36)15-21(32)25-24(18)27(28,26(19)37-25)11-12-29(22)2/h4-8,13,15,19,22,26,32,34H,9-12,14H2,1-3H3/t19-,22-,26+,27+,28-/m1/s1. The maximum absolute atomic E-state index is 13.3. The maximum atomic E-state index is 13.3.